The van der Waals surface area contributed by atoms with E-state index in [0.29, 0.717) is 0 Å². The summed E-state index contributed by atoms with van der Waals surface area (Å²) in [6.07, 6.45) is -1.62. The molecule has 0 aliphatic carbocycles. The molecule has 0 unspecified atom stereocenters. The number of anilines is 1. The second-order valence-electron chi connectivity index (χ2n) is 2.89. The molecule has 0 atom stereocenters. The van der Waals surface area contributed by atoms with Crippen LogP contribution in [0.2, 0.25) is 0 Å². The van der Waals surface area contributed by atoms with Gasteiger partial charge in [-0.25, -0.2) is 8.78 Å². The van der Waals surface area contributed by atoms with Gasteiger partial charge in [0.2, 0.25) is 0 Å². The maximum atomic E-state index is 12.6. The van der Waals surface area contributed by atoms with Gasteiger partial charge in [0.15, 0.2) is 0 Å². The number of nitrogens with zero attached hydrogens (tertiary/aromatic N) is 2. The molecular formula is C9H10F2N4. The lowest BCUT2D eigenvalue weighted by Crippen LogP contribution is -2.11. The lowest BCUT2D eigenvalue weighted by molar-refractivity contribution is 0.151. The molecule has 1 aromatic heterocycles. The van der Waals surface area contributed by atoms with Gasteiger partial charge in [-0.05, 0) is 5.56 Å². The van der Waals surface area contributed by atoms with Crippen molar-refractivity contribution in [1.29, 1.82) is 5.26 Å². The van der Waals surface area contributed by atoms with E-state index in [2.05, 4.69) is 4.98 Å². The fraction of sp³-hybridized carbons (Fsp3) is 0.333. The van der Waals surface area contributed by atoms with Crippen LogP contribution in [0.3, 0.4) is 0 Å². The van der Waals surface area contributed by atoms with Crippen LogP contribution in [0.1, 0.15) is 23.2 Å². The van der Waals surface area contributed by atoms with Crippen molar-refractivity contribution < 1.29 is 8.78 Å². The van der Waals surface area contributed by atoms with Crippen molar-refractivity contribution in [1.82, 2.24) is 4.98 Å². The van der Waals surface area contributed by atoms with E-state index in [4.69, 9.17) is 16.7 Å². The second kappa shape index (κ2) is 4.66. The normalized spacial score (nSPS) is 10.3. The summed E-state index contributed by atoms with van der Waals surface area (Å²) in [5.41, 5.74) is 10.8. The molecule has 4 N–H and O–H groups in total. The third-order valence-corrected chi connectivity index (χ3v) is 2.01. The molecule has 0 aliphatic rings. The first-order valence-corrected chi connectivity index (χ1v) is 4.23. The van der Waals surface area contributed by atoms with Crippen LogP contribution in [-0.4, -0.2) is 4.98 Å². The van der Waals surface area contributed by atoms with E-state index in [9.17, 15) is 8.78 Å². The maximum Gasteiger partial charge on any atom is 0.266 e. The highest BCUT2D eigenvalue weighted by atomic mass is 19.3. The zero-order valence-electron chi connectivity index (χ0n) is 7.87. The number of rotatable bonds is 3. The van der Waals surface area contributed by atoms with Crippen LogP contribution in [-0.2, 0) is 13.0 Å². The molecule has 0 saturated carbocycles. The second-order valence-corrected chi connectivity index (χ2v) is 2.89. The van der Waals surface area contributed by atoms with Crippen molar-refractivity contribution in [2.45, 2.75) is 19.4 Å². The number of aromatic nitrogens is 1. The lowest BCUT2D eigenvalue weighted by Gasteiger charge is -2.12. The van der Waals surface area contributed by atoms with Crippen LogP contribution in [0.15, 0.2) is 6.20 Å². The van der Waals surface area contributed by atoms with Gasteiger partial charge >= 0.3 is 0 Å². The number of nitriles is 1. The molecule has 0 bridgehead atoms. The fourth-order valence-electron chi connectivity index (χ4n) is 1.34. The Morgan fingerprint density at radius 1 is 1.53 bits per heavy atom. The lowest BCUT2D eigenvalue weighted by atomic mass is 10.0. The average molecular weight is 212 g/mol. The van der Waals surface area contributed by atoms with E-state index in [0.717, 1.165) is 6.20 Å². The first kappa shape index (κ1) is 11.3. The number of alkyl halides is 2. The Morgan fingerprint density at radius 3 is 2.67 bits per heavy atom. The Morgan fingerprint density at radius 2 is 2.20 bits per heavy atom. The van der Waals surface area contributed by atoms with E-state index < -0.39 is 6.43 Å². The average Bonchev–Trinajstić information content (AvgIpc) is 2.19. The van der Waals surface area contributed by atoms with Crippen molar-refractivity contribution in [3.63, 3.8) is 0 Å². The summed E-state index contributed by atoms with van der Waals surface area (Å²) >= 11 is 0. The number of pyridine rings is 1. The quantitative estimate of drug-likeness (QED) is 0.785. The van der Waals surface area contributed by atoms with Gasteiger partial charge < -0.3 is 11.5 Å². The number of hydrogen-bond acceptors (Lipinski definition) is 4. The van der Waals surface area contributed by atoms with Gasteiger partial charge in [0, 0.05) is 12.1 Å². The van der Waals surface area contributed by atoms with Gasteiger partial charge in [0.05, 0.1) is 30.1 Å². The Kier molecular flexibility index (Phi) is 3.52. The van der Waals surface area contributed by atoms with Gasteiger partial charge in [-0.15, -0.1) is 0 Å². The zero-order valence-corrected chi connectivity index (χ0v) is 7.87. The summed E-state index contributed by atoms with van der Waals surface area (Å²) in [6, 6.07) is 1.84. The standard InChI is InChI=1S/C9H10F2N4/c10-9(11)8-5(3-13)7(1-2-12)15-4-6(8)14/h4,9H,1,3,13-14H2. The molecule has 0 spiro atoms. The molecular weight excluding hydrogens is 202 g/mol. The smallest absolute Gasteiger partial charge is 0.266 e. The van der Waals surface area contributed by atoms with Gasteiger partial charge in [-0.2, -0.15) is 5.26 Å². The highest BCUT2D eigenvalue weighted by molar-refractivity contribution is 5.51. The van der Waals surface area contributed by atoms with E-state index in [1.54, 1.807) is 0 Å². The molecule has 15 heavy (non-hydrogen) atoms. The minimum absolute atomic E-state index is 0.0491. The van der Waals surface area contributed by atoms with Gasteiger partial charge in [-0.3, -0.25) is 4.98 Å². The molecule has 1 aromatic rings. The molecule has 80 valence electrons. The number of halogens is 2. The summed E-state index contributed by atoms with van der Waals surface area (Å²) in [6.45, 7) is -0.102. The van der Waals surface area contributed by atoms with E-state index in [-0.39, 0.29) is 35.5 Å². The SMILES string of the molecule is N#CCc1ncc(N)c(C(F)F)c1CN. The molecule has 0 aromatic carbocycles. The van der Waals surface area contributed by atoms with Crippen molar-refractivity contribution in [2.75, 3.05) is 5.73 Å². The summed E-state index contributed by atoms with van der Waals surface area (Å²) in [7, 11) is 0. The minimum Gasteiger partial charge on any atom is -0.397 e. The van der Waals surface area contributed by atoms with Crippen molar-refractivity contribution in [3.8, 4) is 6.07 Å². The van der Waals surface area contributed by atoms with Crippen molar-refractivity contribution in [2.24, 2.45) is 5.73 Å². The topological polar surface area (TPSA) is 88.7 Å². The maximum absolute atomic E-state index is 12.6. The van der Waals surface area contributed by atoms with Gasteiger partial charge in [-0.1, -0.05) is 0 Å². The van der Waals surface area contributed by atoms with Gasteiger partial charge in [0.25, 0.3) is 6.43 Å². The molecule has 0 amide bonds. The largest absolute Gasteiger partial charge is 0.397 e. The monoisotopic (exact) mass is 212 g/mol. The van der Waals surface area contributed by atoms with Crippen LogP contribution in [0.4, 0.5) is 14.5 Å². The van der Waals surface area contributed by atoms with Crippen LogP contribution in [0.5, 0.6) is 0 Å². The van der Waals surface area contributed by atoms with Crippen LogP contribution < -0.4 is 11.5 Å². The Labute approximate surface area is 85.5 Å². The summed E-state index contributed by atoms with van der Waals surface area (Å²) in [4.78, 5) is 3.82. The third-order valence-electron chi connectivity index (χ3n) is 2.01. The first-order chi connectivity index (χ1) is 7.11. The number of nitrogens with two attached hydrogens (primary N) is 2. The van der Waals surface area contributed by atoms with Crippen molar-refractivity contribution >= 4 is 5.69 Å². The summed E-state index contributed by atoms with van der Waals surface area (Å²) in [5, 5.41) is 8.49. The van der Waals surface area contributed by atoms with Crippen molar-refractivity contribution in [3.05, 3.63) is 23.0 Å². The highest BCUT2D eigenvalue weighted by Crippen LogP contribution is 2.29. The van der Waals surface area contributed by atoms with Crippen LogP contribution in [0, 0.1) is 11.3 Å². The molecule has 4 nitrogen and oxygen atoms in total. The Balaban J connectivity index is 3.34. The molecule has 0 aliphatic heterocycles. The molecule has 1 heterocycles. The summed E-state index contributed by atoms with van der Waals surface area (Å²) < 4.78 is 25.3. The highest BCUT2D eigenvalue weighted by Gasteiger charge is 2.19. The number of hydrogen-bond donors (Lipinski definition) is 2. The van der Waals surface area contributed by atoms with E-state index in [1.807, 2.05) is 6.07 Å². The first-order valence-electron chi connectivity index (χ1n) is 4.23. The van der Waals surface area contributed by atoms with E-state index in [1.165, 1.54) is 0 Å². The molecule has 6 heteroatoms. The van der Waals surface area contributed by atoms with E-state index >= 15 is 0 Å². The molecule has 0 saturated heterocycles. The molecule has 1 rings (SSSR count). The molecule has 0 radical (unpaired) electrons. The molecule has 0 fully saturated rings. The Hall–Kier alpha value is -1.74. The minimum atomic E-state index is -2.70. The fourth-order valence-corrected chi connectivity index (χ4v) is 1.34. The van der Waals surface area contributed by atoms with Crippen LogP contribution in [0.25, 0.3) is 0 Å². The van der Waals surface area contributed by atoms with Crippen LogP contribution >= 0.6 is 0 Å². The predicted molar refractivity (Wildman–Crippen MR) is 50.8 cm³/mol. The number of nitrogen functional groups attached to an aromatic ring is 1. The Bertz CT molecular complexity index is 398. The zero-order chi connectivity index (χ0) is 11.4. The third kappa shape index (κ3) is 2.19. The van der Waals surface area contributed by atoms with Gasteiger partial charge in [0.1, 0.15) is 0 Å². The summed E-state index contributed by atoms with van der Waals surface area (Å²) in [5.74, 6) is 0. The predicted octanol–water partition coefficient (Wildman–Crippen LogP) is 1.13.